The molecule has 2 heterocycles. The van der Waals surface area contributed by atoms with Crippen molar-refractivity contribution in [3.8, 4) is 11.4 Å². The number of hydrogen-bond acceptors (Lipinski definition) is 6. The molecule has 104 valence electrons. The molecule has 0 unspecified atom stereocenters. The highest BCUT2D eigenvalue weighted by Gasteiger charge is 2.09. The molecule has 3 aromatic rings. The highest BCUT2D eigenvalue weighted by molar-refractivity contribution is 7.10. The largest absolute Gasteiger partial charge is 0.334 e. The van der Waals surface area contributed by atoms with Crippen LogP contribution in [0.3, 0.4) is 0 Å². The van der Waals surface area contributed by atoms with E-state index in [1.54, 1.807) is 29.5 Å². The molecular weight excluding hydrogens is 290 g/mol. The van der Waals surface area contributed by atoms with Crippen molar-refractivity contribution in [3.05, 3.63) is 62.7 Å². The molecule has 6 nitrogen and oxygen atoms in total. The average Bonchev–Trinajstić information content (AvgIpc) is 3.17. The van der Waals surface area contributed by atoms with Gasteiger partial charge in [-0.2, -0.15) is 4.98 Å². The molecule has 0 aliphatic heterocycles. The molecule has 2 aromatic heterocycles. The smallest absolute Gasteiger partial charge is 0.269 e. The van der Waals surface area contributed by atoms with E-state index < -0.39 is 4.92 Å². The molecule has 0 atom stereocenters. The van der Waals surface area contributed by atoms with E-state index >= 15 is 0 Å². The Morgan fingerprint density at radius 1 is 1.19 bits per heavy atom. The van der Waals surface area contributed by atoms with Crippen LogP contribution in [0.1, 0.15) is 10.8 Å². The van der Waals surface area contributed by atoms with Gasteiger partial charge in [-0.1, -0.05) is 11.2 Å². The van der Waals surface area contributed by atoms with Crippen molar-refractivity contribution in [2.24, 2.45) is 0 Å². The van der Waals surface area contributed by atoms with Crippen molar-refractivity contribution in [2.75, 3.05) is 0 Å². The van der Waals surface area contributed by atoms with Gasteiger partial charge in [0.05, 0.1) is 4.92 Å². The van der Waals surface area contributed by atoms with Crippen molar-refractivity contribution in [1.82, 2.24) is 10.1 Å². The summed E-state index contributed by atoms with van der Waals surface area (Å²) in [6.07, 6.45) is 3.62. The summed E-state index contributed by atoms with van der Waals surface area (Å²) in [5.41, 5.74) is 0.695. The first-order valence-corrected chi connectivity index (χ1v) is 6.90. The van der Waals surface area contributed by atoms with Gasteiger partial charge < -0.3 is 4.52 Å². The number of nitro benzene ring substituents is 1. The van der Waals surface area contributed by atoms with E-state index in [1.165, 1.54) is 12.1 Å². The predicted molar refractivity (Wildman–Crippen MR) is 79.6 cm³/mol. The number of non-ortho nitro benzene ring substituents is 1. The lowest BCUT2D eigenvalue weighted by molar-refractivity contribution is -0.384. The molecule has 0 aliphatic rings. The number of aromatic nitrogens is 2. The Morgan fingerprint density at radius 3 is 2.67 bits per heavy atom. The van der Waals surface area contributed by atoms with Gasteiger partial charge in [0.25, 0.3) is 11.6 Å². The van der Waals surface area contributed by atoms with Gasteiger partial charge in [-0.25, -0.2) is 0 Å². The minimum atomic E-state index is -0.449. The number of nitrogens with zero attached hydrogens (tertiary/aromatic N) is 3. The summed E-state index contributed by atoms with van der Waals surface area (Å²) in [7, 11) is 0. The van der Waals surface area contributed by atoms with Crippen LogP contribution in [-0.4, -0.2) is 15.1 Å². The Labute approximate surface area is 123 Å². The maximum absolute atomic E-state index is 10.6. The summed E-state index contributed by atoms with van der Waals surface area (Å²) >= 11 is 1.61. The summed E-state index contributed by atoms with van der Waals surface area (Å²) < 4.78 is 5.12. The first kappa shape index (κ1) is 13.2. The fourth-order valence-corrected chi connectivity index (χ4v) is 2.31. The van der Waals surface area contributed by atoms with Gasteiger partial charge in [0.15, 0.2) is 0 Å². The van der Waals surface area contributed by atoms with E-state index in [4.69, 9.17) is 4.52 Å². The Hall–Kier alpha value is -2.80. The van der Waals surface area contributed by atoms with Gasteiger partial charge >= 0.3 is 0 Å². The van der Waals surface area contributed by atoms with Gasteiger partial charge in [-0.3, -0.25) is 10.1 Å². The van der Waals surface area contributed by atoms with Gasteiger partial charge in [0, 0.05) is 28.6 Å². The zero-order chi connectivity index (χ0) is 14.7. The van der Waals surface area contributed by atoms with E-state index in [1.807, 2.05) is 23.6 Å². The molecule has 3 rings (SSSR count). The SMILES string of the molecule is O=[N+]([O-])c1ccc(-c2noc(C=Cc3cccs3)n2)cc1. The van der Waals surface area contributed by atoms with Crippen LogP contribution < -0.4 is 0 Å². The second-order valence-corrected chi connectivity index (χ2v) is 5.09. The van der Waals surface area contributed by atoms with E-state index in [-0.39, 0.29) is 5.69 Å². The Balaban J connectivity index is 1.79. The molecular formula is C14H9N3O3S. The highest BCUT2D eigenvalue weighted by atomic mass is 32.1. The van der Waals surface area contributed by atoms with E-state index in [0.29, 0.717) is 17.3 Å². The molecule has 0 saturated heterocycles. The molecule has 21 heavy (non-hydrogen) atoms. The van der Waals surface area contributed by atoms with Gasteiger partial charge in [-0.05, 0) is 29.7 Å². The van der Waals surface area contributed by atoms with E-state index in [9.17, 15) is 10.1 Å². The molecule has 0 amide bonds. The van der Waals surface area contributed by atoms with Crippen molar-refractivity contribution in [2.45, 2.75) is 0 Å². The van der Waals surface area contributed by atoms with Crippen molar-refractivity contribution < 1.29 is 9.45 Å². The quantitative estimate of drug-likeness (QED) is 0.539. The minimum Gasteiger partial charge on any atom is -0.334 e. The third kappa shape index (κ3) is 3.03. The van der Waals surface area contributed by atoms with Crippen LogP contribution in [0, 0.1) is 10.1 Å². The van der Waals surface area contributed by atoms with Crippen molar-refractivity contribution in [1.29, 1.82) is 0 Å². The van der Waals surface area contributed by atoms with Crippen LogP contribution in [0.5, 0.6) is 0 Å². The summed E-state index contributed by atoms with van der Waals surface area (Å²) in [5.74, 6) is 0.785. The third-order valence-corrected chi connectivity index (χ3v) is 3.55. The van der Waals surface area contributed by atoms with E-state index in [0.717, 1.165) is 4.88 Å². The maximum Gasteiger partial charge on any atom is 0.269 e. The van der Waals surface area contributed by atoms with Gasteiger partial charge in [-0.15, -0.1) is 11.3 Å². The summed E-state index contributed by atoms with van der Waals surface area (Å²) in [6, 6.07) is 9.94. The lowest BCUT2D eigenvalue weighted by Crippen LogP contribution is -1.87. The lowest BCUT2D eigenvalue weighted by atomic mass is 10.2. The summed E-state index contributed by atoms with van der Waals surface area (Å²) in [6.45, 7) is 0. The van der Waals surface area contributed by atoms with Crippen molar-refractivity contribution >= 4 is 29.2 Å². The standard InChI is InChI=1S/C14H9N3O3S/c18-17(19)11-5-3-10(4-6-11)14-15-13(20-16-14)8-7-12-2-1-9-21-12/h1-9H. The zero-order valence-corrected chi connectivity index (χ0v) is 11.5. The number of rotatable bonds is 4. The normalized spacial score (nSPS) is 11.0. The maximum atomic E-state index is 10.6. The number of nitro groups is 1. The summed E-state index contributed by atoms with van der Waals surface area (Å²) in [5, 5.41) is 16.4. The Kier molecular flexibility index (Phi) is 3.57. The zero-order valence-electron chi connectivity index (χ0n) is 10.7. The highest BCUT2D eigenvalue weighted by Crippen LogP contribution is 2.20. The molecule has 7 heteroatoms. The second-order valence-electron chi connectivity index (χ2n) is 4.11. The molecule has 0 fully saturated rings. The fourth-order valence-electron chi connectivity index (χ4n) is 1.69. The van der Waals surface area contributed by atoms with Crippen molar-refractivity contribution in [3.63, 3.8) is 0 Å². The molecule has 0 saturated carbocycles. The monoisotopic (exact) mass is 299 g/mol. The fraction of sp³-hybridized carbons (Fsp3) is 0. The van der Waals surface area contributed by atoms with Crippen LogP contribution >= 0.6 is 11.3 Å². The molecule has 0 aliphatic carbocycles. The third-order valence-electron chi connectivity index (χ3n) is 2.71. The Morgan fingerprint density at radius 2 is 2.00 bits per heavy atom. The molecule has 0 bridgehead atoms. The number of benzene rings is 1. The summed E-state index contributed by atoms with van der Waals surface area (Å²) in [4.78, 5) is 15.5. The molecule has 1 aromatic carbocycles. The topological polar surface area (TPSA) is 82.1 Å². The lowest BCUT2D eigenvalue weighted by Gasteiger charge is -1.93. The number of thiophene rings is 1. The van der Waals surface area contributed by atoms with Crippen LogP contribution in [0.15, 0.2) is 46.3 Å². The molecule has 0 N–H and O–H groups in total. The van der Waals surface area contributed by atoms with Crippen LogP contribution in [0.2, 0.25) is 0 Å². The second kappa shape index (κ2) is 5.68. The van der Waals surface area contributed by atoms with Crippen LogP contribution in [0.4, 0.5) is 5.69 Å². The van der Waals surface area contributed by atoms with Crippen LogP contribution in [-0.2, 0) is 0 Å². The number of hydrogen-bond donors (Lipinski definition) is 0. The first-order chi connectivity index (χ1) is 10.2. The van der Waals surface area contributed by atoms with Crippen LogP contribution in [0.25, 0.3) is 23.5 Å². The first-order valence-electron chi connectivity index (χ1n) is 6.02. The van der Waals surface area contributed by atoms with Gasteiger partial charge in [0.1, 0.15) is 0 Å². The van der Waals surface area contributed by atoms with Gasteiger partial charge in [0.2, 0.25) is 5.82 Å². The predicted octanol–water partition coefficient (Wildman–Crippen LogP) is 3.88. The minimum absolute atomic E-state index is 0.0278. The Bertz CT molecular complexity index is 776. The molecule has 0 radical (unpaired) electrons. The average molecular weight is 299 g/mol. The van der Waals surface area contributed by atoms with E-state index in [2.05, 4.69) is 10.1 Å². The molecule has 0 spiro atoms.